The third-order valence-electron chi connectivity index (χ3n) is 3.97. The Morgan fingerprint density at radius 1 is 1.28 bits per heavy atom. The van der Waals surface area contributed by atoms with Crippen LogP contribution in [0.5, 0.6) is 0 Å². The minimum absolute atomic E-state index is 0.0640. The average molecular weight is 248 g/mol. The van der Waals surface area contributed by atoms with Gasteiger partial charge < -0.3 is 10.2 Å². The maximum absolute atomic E-state index is 13.5. The van der Waals surface area contributed by atoms with Crippen LogP contribution in [0.3, 0.4) is 0 Å². The van der Waals surface area contributed by atoms with Gasteiger partial charge in [-0.15, -0.1) is 0 Å². The van der Waals surface area contributed by atoms with Crippen molar-refractivity contribution in [1.82, 2.24) is 10.2 Å². The molecule has 0 aliphatic carbocycles. The van der Waals surface area contributed by atoms with Crippen LogP contribution in [-0.2, 0) is 11.2 Å². The molecule has 0 aromatic heterocycles. The predicted octanol–water partition coefficient (Wildman–Crippen LogP) is 1.33. The SMILES string of the molecule is O=C(Cc1ccccc1F)N1C2CCC1CNC2. The zero-order chi connectivity index (χ0) is 12.5. The molecule has 1 aromatic rings. The summed E-state index contributed by atoms with van der Waals surface area (Å²) in [6, 6.07) is 7.15. The molecule has 2 bridgehead atoms. The van der Waals surface area contributed by atoms with E-state index < -0.39 is 0 Å². The van der Waals surface area contributed by atoms with Crippen LogP contribution in [0.2, 0.25) is 0 Å². The quantitative estimate of drug-likeness (QED) is 0.856. The number of amides is 1. The van der Waals surface area contributed by atoms with Crippen LogP contribution in [0.4, 0.5) is 4.39 Å². The Balaban J connectivity index is 1.74. The molecule has 3 rings (SSSR count). The van der Waals surface area contributed by atoms with Crippen LogP contribution in [-0.4, -0.2) is 36.0 Å². The Hall–Kier alpha value is -1.42. The first kappa shape index (κ1) is 11.7. The van der Waals surface area contributed by atoms with Gasteiger partial charge in [-0.1, -0.05) is 18.2 Å². The number of piperazine rings is 1. The smallest absolute Gasteiger partial charge is 0.227 e. The van der Waals surface area contributed by atoms with Crippen LogP contribution in [0.1, 0.15) is 18.4 Å². The van der Waals surface area contributed by atoms with Gasteiger partial charge in [0.1, 0.15) is 5.82 Å². The van der Waals surface area contributed by atoms with Gasteiger partial charge in [-0.05, 0) is 24.5 Å². The standard InChI is InChI=1S/C14H17FN2O/c15-13-4-2-1-3-10(13)7-14(18)17-11-5-6-12(17)9-16-8-11/h1-4,11-12,16H,5-9H2. The molecule has 2 aliphatic rings. The van der Waals surface area contributed by atoms with Crippen molar-refractivity contribution in [3.05, 3.63) is 35.6 Å². The molecule has 2 heterocycles. The van der Waals surface area contributed by atoms with Gasteiger partial charge in [-0.2, -0.15) is 0 Å². The van der Waals surface area contributed by atoms with Gasteiger partial charge in [-0.3, -0.25) is 4.79 Å². The maximum atomic E-state index is 13.5. The minimum Gasteiger partial charge on any atom is -0.334 e. The Morgan fingerprint density at radius 2 is 1.94 bits per heavy atom. The maximum Gasteiger partial charge on any atom is 0.227 e. The summed E-state index contributed by atoms with van der Waals surface area (Å²) >= 11 is 0. The molecule has 4 heteroatoms. The minimum atomic E-state index is -0.284. The van der Waals surface area contributed by atoms with Crippen molar-refractivity contribution in [3.8, 4) is 0 Å². The van der Waals surface area contributed by atoms with Gasteiger partial charge in [0.15, 0.2) is 0 Å². The first-order valence-electron chi connectivity index (χ1n) is 6.51. The molecule has 1 N–H and O–H groups in total. The first-order chi connectivity index (χ1) is 8.75. The van der Waals surface area contributed by atoms with Crippen LogP contribution < -0.4 is 5.32 Å². The van der Waals surface area contributed by atoms with Gasteiger partial charge in [-0.25, -0.2) is 4.39 Å². The Morgan fingerprint density at radius 3 is 2.61 bits per heavy atom. The van der Waals surface area contributed by atoms with Gasteiger partial charge in [0.05, 0.1) is 6.42 Å². The van der Waals surface area contributed by atoms with E-state index >= 15 is 0 Å². The summed E-state index contributed by atoms with van der Waals surface area (Å²) in [6.45, 7) is 1.75. The Kier molecular flexibility index (Phi) is 3.04. The molecule has 1 amide bonds. The fraction of sp³-hybridized carbons (Fsp3) is 0.500. The fourth-order valence-corrected chi connectivity index (χ4v) is 3.08. The molecule has 18 heavy (non-hydrogen) atoms. The molecule has 2 fully saturated rings. The largest absolute Gasteiger partial charge is 0.334 e. The number of benzene rings is 1. The van der Waals surface area contributed by atoms with Gasteiger partial charge in [0.25, 0.3) is 0 Å². The highest BCUT2D eigenvalue weighted by Gasteiger charge is 2.39. The van der Waals surface area contributed by atoms with E-state index in [4.69, 9.17) is 0 Å². The van der Waals surface area contributed by atoms with E-state index in [1.54, 1.807) is 18.2 Å². The van der Waals surface area contributed by atoms with E-state index in [1.165, 1.54) is 6.07 Å². The summed E-state index contributed by atoms with van der Waals surface area (Å²) in [5.74, 6) is -0.220. The molecule has 0 spiro atoms. The monoisotopic (exact) mass is 248 g/mol. The molecule has 96 valence electrons. The van der Waals surface area contributed by atoms with E-state index in [0.717, 1.165) is 25.9 Å². The number of nitrogens with one attached hydrogen (secondary N) is 1. The molecule has 1 aromatic carbocycles. The summed E-state index contributed by atoms with van der Waals surface area (Å²) < 4.78 is 13.5. The summed E-state index contributed by atoms with van der Waals surface area (Å²) in [7, 11) is 0. The molecule has 2 saturated heterocycles. The van der Waals surface area contributed by atoms with Crippen molar-refractivity contribution in [2.45, 2.75) is 31.3 Å². The van der Waals surface area contributed by atoms with Crippen LogP contribution >= 0.6 is 0 Å². The van der Waals surface area contributed by atoms with E-state index in [2.05, 4.69) is 5.32 Å². The van der Waals surface area contributed by atoms with Crippen molar-refractivity contribution in [3.63, 3.8) is 0 Å². The normalized spacial score (nSPS) is 26.4. The second-order valence-corrected chi connectivity index (χ2v) is 5.11. The number of carbonyl (C=O) groups is 1. The Labute approximate surface area is 106 Å². The molecule has 2 atom stereocenters. The van der Waals surface area contributed by atoms with Gasteiger partial charge in [0.2, 0.25) is 5.91 Å². The summed E-state index contributed by atoms with van der Waals surface area (Å²) in [4.78, 5) is 14.3. The number of fused-ring (bicyclic) bond motifs is 2. The second-order valence-electron chi connectivity index (χ2n) is 5.11. The Bertz CT molecular complexity index is 447. The fourth-order valence-electron chi connectivity index (χ4n) is 3.08. The lowest BCUT2D eigenvalue weighted by atomic mass is 10.1. The van der Waals surface area contributed by atoms with E-state index in [0.29, 0.717) is 17.6 Å². The van der Waals surface area contributed by atoms with Crippen LogP contribution in [0, 0.1) is 5.82 Å². The molecule has 2 unspecified atom stereocenters. The first-order valence-corrected chi connectivity index (χ1v) is 6.51. The van der Waals surface area contributed by atoms with Crippen LogP contribution in [0.15, 0.2) is 24.3 Å². The third kappa shape index (κ3) is 2.01. The highest BCUT2D eigenvalue weighted by atomic mass is 19.1. The molecule has 0 saturated carbocycles. The third-order valence-corrected chi connectivity index (χ3v) is 3.97. The summed E-state index contributed by atoms with van der Waals surface area (Å²) in [6.07, 6.45) is 2.32. The van der Waals surface area contributed by atoms with E-state index in [9.17, 15) is 9.18 Å². The summed E-state index contributed by atoms with van der Waals surface area (Å²) in [5, 5.41) is 3.34. The number of halogens is 1. The number of rotatable bonds is 2. The van der Waals surface area contributed by atoms with Crippen LogP contribution in [0.25, 0.3) is 0 Å². The average Bonchev–Trinajstić information content (AvgIpc) is 2.62. The van der Waals surface area contributed by atoms with Crippen molar-refractivity contribution in [1.29, 1.82) is 0 Å². The lowest BCUT2D eigenvalue weighted by Gasteiger charge is -2.35. The van der Waals surface area contributed by atoms with E-state index in [-0.39, 0.29) is 18.1 Å². The highest BCUT2D eigenvalue weighted by molar-refractivity contribution is 5.80. The predicted molar refractivity (Wildman–Crippen MR) is 66.6 cm³/mol. The van der Waals surface area contributed by atoms with Crippen molar-refractivity contribution in [2.75, 3.05) is 13.1 Å². The molecule has 3 nitrogen and oxygen atoms in total. The summed E-state index contributed by atoms with van der Waals surface area (Å²) in [5.41, 5.74) is 0.500. The second kappa shape index (κ2) is 4.69. The molecular weight excluding hydrogens is 231 g/mol. The zero-order valence-electron chi connectivity index (χ0n) is 10.2. The van der Waals surface area contributed by atoms with E-state index in [1.807, 2.05) is 4.90 Å². The molecular formula is C14H17FN2O. The molecule has 0 radical (unpaired) electrons. The lowest BCUT2D eigenvalue weighted by Crippen LogP contribution is -2.54. The van der Waals surface area contributed by atoms with Gasteiger partial charge in [0, 0.05) is 25.2 Å². The zero-order valence-corrected chi connectivity index (χ0v) is 10.2. The number of hydrogen-bond donors (Lipinski definition) is 1. The topological polar surface area (TPSA) is 32.3 Å². The molecule has 2 aliphatic heterocycles. The highest BCUT2D eigenvalue weighted by Crippen LogP contribution is 2.27. The number of carbonyl (C=O) groups excluding carboxylic acids is 1. The lowest BCUT2D eigenvalue weighted by molar-refractivity contribution is -0.134. The van der Waals surface area contributed by atoms with Crippen molar-refractivity contribution >= 4 is 5.91 Å². The number of nitrogens with zero attached hydrogens (tertiary/aromatic N) is 1. The van der Waals surface area contributed by atoms with Crippen molar-refractivity contribution in [2.24, 2.45) is 0 Å². The van der Waals surface area contributed by atoms with Crippen molar-refractivity contribution < 1.29 is 9.18 Å². The van der Waals surface area contributed by atoms with Gasteiger partial charge >= 0.3 is 0 Å². The number of hydrogen-bond acceptors (Lipinski definition) is 2.